The van der Waals surface area contributed by atoms with E-state index in [0.717, 1.165) is 16.5 Å². The predicted octanol–water partition coefficient (Wildman–Crippen LogP) is 4.19. The van der Waals surface area contributed by atoms with E-state index in [4.69, 9.17) is 23.2 Å². The lowest BCUT2D eigenvalue weighted by Crippen LogP contribution is -2.19. The second-order valence-electron chi connectivity index (χ2n) is 3.20. The lowest BCUT2D eigenvalue weighted by molar-refractivity contribution is 0.616. The minimum Gasteiger partial charge on any atom is -0.306 e. The first kappa shape index (κ1) is 12.1. The molecule has 1 heterocycles. The van der Waals surface area contributed by atoms with Crippen LogP contribution in [0.15, 0.2) is 23.2 Å². The summed E-state index contributed by atoms with van der Waals surface area (Å²) < 4.78 is 0.832. The van der Waals surface area contributed by atoms with Crippen molar-refractivity contribution in [2.75, 3.05) is 6.54 Å². The molecular weight excluding hydrogens is 237 g/mol. The molecule has 1 unspecified atom stereocenters. The fourth-order valence-corrected chi connectivity index (χ4v) is 2.18. The van der Waals surface area contributed by atoms with E-state index in [9.17, 15) is 0 Å². The minimum atomic E-state index is 0.319. The Kier molecular flexibility index (Phi) is 4.96. The molecule has 1 atom stereocenters. The van der Waals surface area contributed by atoms with Gasteiger partial charge in [0.05, 0.1) is 4.34 Å². The SMILES string of the molecule is C/C(=C\Cl)CNC(C)c1ccc(Cl)s1. The van der Waals surface area contributed by atoms with Crippen molar-refractivity contribution >= 4 is 34.5 Å². The van der Waals surface area contributed by atoms with Crippen LogP contribution in [0.3, 0.4) is 0 Å². The van der Waals surface area contributed by atoms with E-state index < -0.39 is 0 Å². The number of hydrogen-bond acceptors (Lipinski definition) is 2. The molecule has 0 spiro atoms. The van der Waals surface area contributed by atoms with Gasteiger partial charge in [0, 0.05) is 23.0 Å². The van der Waals surface area contributed by atoms with Gasteiger partial charge in [0.15, 0.2) is 0 Å². The highest BCUT2D eigenvalue weighted by molar-refractivity contribution is 7.16. The summed E-state index contributed by atoms with van der Waals surface area (Å²) in [5.41, 5.74) is 2.72. The Morgan fingerprint density at radius 2 is 2.36 bits per heavy atom. The third-order valence-electron chi connectivity index (χ3n) is 1.89. The molecule has 0 aromatic carbocycles. The first-order valence-electron chi connectivity index (χ1n) is 4.38. The molecule has 14 heavy (non-hydrogen) atoms. The molecule has 4 heteroatoms. The zero-order valence-corrected chi connectivity index (χ0v) is 10.5. The zero-order valence-electron chi connectivity index (χ0n) is 8.18. The van der Waals surface area contributed by atoms with Gasteiger partial charge in [-0.3, -0.25) is 0 Å². The highest BCUT2D eigenvalue weighted by atomic mass is 35.5. The summed E-state index contributed by atoms with van der Waals surface area (Å²) in [4.78, 5) is 1.25. The van der Waals surface area contributed by atoms with Crippen LogP contribution in [0.25, 0.3) is 0 Å². The van der Waals surface area contributed by atoms with E-state index in [2.05, 4.69) is 12.2 Å². The van der Waals surface area contributed by atoms with Gasteiger partial charge in [0.25, 0.3) is 0 Å². The smallest absolute Gasteiger partial charge is 0.0931 e. The Bertz CT molecular complexity index is 320. The van der Waals surface area contributed by atoms with Crippen molar-refractivity contribution in [2.24, 2.45) is 0 Å². The second kappa shape index (κ2) is 5.76. The maximum Gasteiger partial charge on any atom is 0.0931 e. The molecule has 1 nitrogen and oxygen atoms in total. The fraction of sp³-hybridized carbons (Fsp3) is 0.400. The highest BCUT2D eigenvalue weighted by Crippen LogP contribution is 2.26. The van der Waals surface area contributed by atoms with E-state index >= 15 is 0 Å². The van der Waals surface area contributed by atoms with Crippen LogP contribution in [-0.2, 0) is 0 Å². The van der Waals surface area contributed by atoms with Crippen LogP contribution in [-0.4, -0.2) is 6.54 Å². The topological polar surface area (TPSA) is 12.0 Å². The number of hydrogen-bond donors (Lipinski definition) is 1. The maximum absolute atomic E-state index is 5.85. The quantitative estimate of drug-likeness (QED) is 0.844. The lowest BCUT2D eigenvalue weighted by Gasteiger charge is -2.11. The highest BCUT2D eigenvalue weighted by Gasteiger charge is 2.06. The first-order chi connectivity index (χ1) is 6.63. The molecule has 78 valence electrons. The zero-order chi connectivity index (χ0) is 10.6. The monoisotopic (exact) mass is 249 g/mol. The van der Waals surface area contributed by atoms with Gasteiger partial charge in [-0.15, -0.1) is 11.3 Å². The van der Waals surface area contributed by atoms with Crippen molar-refractivity contribution in [3.63, 3.8) is 0 Å². The van der Waals surface area contributed by atoms with Crippen LogP contribution in [0, 0.1) is 0 Å². The van der Waals surface area contributed by atoms with Crippen LogP contribution in [0.4, 0.5) is 0 Å². The van der Waals surface area contributed by atoms with Crippen molar-refractivity contribution in [1.29, 1.82) is 0 Å². The Hall–Kier alpha value is -0.0200. The van der Waals surface area contributed by atoms with Gasteiger partial charge in [0.1, 0.15) is 0 Å². The number of thiophene rings is 1. The summed E-state index contributed by atoms with van der Waals surface area (Å²) in [5, 5.41) is 3.36. The van der Waals surface area contributed by atoms with Gasteiger partial charge in [0.2, 0.25) is 0 Å². The summed E-state index contributed by atoms with van der Waals surface area (Å²) >= 11 is 13.0. The maximum atomic E-state index is 5.85. The van der Waals surface area contributed by atoms with Gasteiger partial charge in [-0.2, -0.15) is 0 Å². The molecule has 1 aromatic heterocycles. The molecule has 0 aliphatic carbocycles. The van der Waals surface area contributed by atoms with E-state index in [1.54, 1.807) is 16.9 Å². The largest absolute Gasteiger partial charge is 0.306 e. The van der Waals surface area contributed by atoms with Crippen LogP contribution >= 0.6 is 34.5 Å². The predicted molar refractivity (Wildman–Crippen MR) is 65.4 cm³/mol. The number of rotatable bonds is 4. The average Bonchev–Trinajstić information content (AvgIpc) is 2.60. The van der Waals surface area contributed by atoms with Gasteiger partial charge in [-0.05, 0) is 31.6 Å². The normalized spacial score (nSPS) is 14.4. The van der Waals surface area contributed by atoms with Gasteiger partial charge >= 0.3 is 0 Å². The Balaban J connectivity index is 2.47. The molecule has 0 bridgehead atoms. The molecule has 0 saturated heterocycles. The number of halogens is 2. The van der Waals surface area contributed by atoms with E-state index in [1.165, 1.54) is 4.88 Å². The van der Waals surface area contributed by atoms with Crippen molar-refractivity contribution in [2.45, 2.75) is 19.9 Å². The fourth-order valence-electron chi connectivity index (χ4n) is 1.01. The standard InChI is InChI=1S/C10H13Cl2NS/c1-7(5-11)6-13-8(2)9-3-4-10(12)14-9/h3-5,8,13H,6H2,1-2H3/b7-5+. The molecule has 0 saturated carbocycles. The Morgan fingerprint density at radius 1 is 1.64 bits per heavy atom. The molecule has 1 aromatic rings. The lowest BCUT2D eigenvalue weighted by atomic mass is 10.2. The van der Waals surface area contributed by atoms with E-state index in [0.29, 0.717) is 6.04 Å². The summed E-state index contributed by atoms with van der Waals surface area (Å²) in [7, 11) is 0. The van der Waals surface area contributed by atoms with Gasteiger partial charge < -0.3 is 5.32 Å². The van der Waals surface area contributed by atoms with E-state index in [-0.39, 0.29) is 0 Å². The molecule has 0 fully saturated rings. The molecular formula is C10H13Cl2NS. The summed E-state index contributed by atoms with van der Waals surface area (Å²) in [6.07, 6.45) is 0. The summed E-state index contributed by atoms with van der Waals surface area (Å²) in [6, 6.07) is 4.29. The van der Waals surface area contributed by atoms with Crippen molar-refractivity contribution < 1.29 is 0 Å². The van der Waals surface area contributed by atoms with E-state index in [1.807, 2.05) is 19.1 Å². The third-order valence-corrected chi connectivity index (χ3v) is 3.68. The Labute approximate surface area is 98.7 Å². The van der Waals surface area contributed by atoms with Crippen LogP contribution < -0.4 is 5.32 Å². The Morgan fingerprint density at radius 3 is 2.86 bits per heavy atom. The van der Waals surface area contributed by atoms with Crippen molar-refractivity contribution in [3.05, 3.63) is 32.5 Å². The summed E-state index contributed by atoms with van der Waals surface area (Å²) in [6.45, 7) is 4.91. The number of nitrogens with one attached hydrogen (secondary N) is 1. The minimum absolute atomic E-state index is 0.319. The average molecular weight is 250 g/mol. The molecule has 0 amide bonds. The molecule has 0 radical (unpaired) electrons. The van der Waals surface area contributed by atoms with Crippen molar-refractivity contribution in [1.82, 2.24) is 5.32 Å². The molecule has 0 aliphatic rings. The molecule has 0 aliphatic heterocycles. The molecule has 1 N–H and O–H groups in total. The van der Waals surface area contributed by atoms with Crippen LogP contribution in [0.5, 0.6) is 0 Å². The second-order valence-corrected chi connectivity index (χ2v) is 5.16. The van der Waals surface area contributed by atoms with Crippen LogP contribution in [0.2, 0.25) is 4.34 Å². The molecule has 1 rings (SSSR count). The third kappa shape index (κ3) is 3.62. The van der Waals surface area contributed by atoms with Gasteiger partial charge in [-0.1, -0.05) is 23.2 Å². The first-order valence-corrected chi connectivity index (χ1v) is 6.01. The summed E-state index contributed by atoms with van der Waals surface area (Å²) in [5.74, 6) is 0. The van der Waals surface area contributed by atoms with Crippen molar-refractivity contribution in [3.8, 4) is 0 Å². The van der Waals surface area contributed by atoms with Gasteiger partial charge in [-0.25, -0.2) is 0 Å². The van der Waals surface area contributed by atoms with Crippen LogP contribution in [0.1, 0.15) is 24.8 Å².